The van der Waals surface area contributed by atoms with Gasteiger partial charge in [-0.2, -0.15) is 0 Å². The Balaban J connectivity index is 0.000000294. The Morgan fingerprint density at radius 1 is 0.635 bits per heavy atom. The topological polar surface area (TPSA) is 140 Å². The average Bonchev–Trinajstić information content (AvgIpc) is 3.10. The van der Waals surface area contributed by atoms with Crippen LogP contribution < -0.4 is 20.1 Å². The lowest BCUT2D eigenvalue weighted by Crippen LogP contribution is -2.52. The van der Waals surface area contributed by atoms with Gasteiger partial charge in [-0.1, -0.05) is 133 Å². The fourth-order valence-electron chi connectivity index (χ4n) is 4.52. The van der Waals surface area contributed by atoms with Crippen LogP contribution in [0, 0.1) is 5.92 Å². The van der Waals surface area contributed by atoms with Crippen molar-refractivity contribution in [1.82, 2.24) is 10.6 Å². The third kappa shape index (κ3) is 14.6. The van der Waals surface area contributed by atoms with Gasteiger partial charge < -0.3 is 30.0 Å². The molecule has 14 heteroatoms. The third-order valence-corrected chi connectivity index (χ3v) is 8.21. The number of carboxylic acid groups (broad SMARTS) is 1. The van der Waals surface area contributed by atoms with Crippen molar-refractivity contribution in [2.75, 3.05) is 13.2 Å². The molecule has 52 heavy (non-hydrogen) atoms. The lowest BCUT2D eigenvalue weighted by molar-refractivity contribution is -0.142. The van der Waals surface area contributed by atoms with E-state index in [4.69, 9.17) is 60.6 Å². The van der Waals surface area contributed by atoms with Gasteiger partial charge in [0.15, 0.2) is 24.7 Å². The number of carbonyl (C=O) groups excluding carboxylic acids is 3. The smallest absolute Gasteiger partial charge is 0.408 e. The number of Topliss-reactive ketones (excluding diaryl/α,β-unsaturated/α-hetero) is 1. The number of amides is 2. The molecule has 0 aliphatic carbocycles. The molecule has 0 saturated carbocycles. The van der Waals surface area contributed by atoms with Crippen LogP contribution in [0.5, 0.6) is 11.5 Å². The highest BCUT2D eigenvalue weighted by Crippen LogP contribution is 2.33. The van der Waals surface area contributed by atoms with Gasteiger partial charge in [0.25, 0.3) is 0 Å². The van der Waals surface area contributed by atoms with Crippen molar-refractivity contribution in [3.63, 3.8) is 0 Å². The Labute approximate surface area is 322 Å². The fourth-order valence-corrected chi connectivity index (χ4v) is 5.53. The Morgan fingerprint density at radius 2 is 1.10 bits per heavy atom. The van der Waals surface area contributed by atoms with E-state index in [0.29, 0.717) is 26.5 Å². The lowest BCUT2D eigenvalue weighted by atomic mass is 10.0. The second kappa shape index (κ2) is 21.8. The van der Waals surface area contributed by atoms with E-state index >= 15 is 0 Å². The van der Waals surface area contributed by atoms with E-state index in [1.54, 1.807) is 48.5 Å². The van der Waals surface area contributed by atoms with Gasteiger partial charge >= 0.3 is 12.1 Å². The Bertz CT molecular complexity index is 1680. The number of hydrogen-bond donors (Lipinski definition) is 3. The summed E-state index contributed by atoms with van der Waals surface area (Å²) in [6, 6.07) is 26.1. The van der Waals surface area contributed by atoms with Crippen molar-refractivity contribution in [2.24, 2.45) is 5.92 Å². The summed E-state index contributed by atoms with van der Waals surface area (Å²) in [5.74, 6) is -1.38. The molecule has 0 saturated heterocycles. The van der Waals surface area contributed by atoms with Gasteiger partial charge in [0, 0.05) is 6.42 Å². The van der Waals surface area contributed by atoms with E-state index in [1.165, 1.54) is 0 Å². The number of nitrogens with one attached hydrogen (secondary N) is 2. The van der Waals surface area contributed by atoms with E-state index in [0.717, 1.165) is 11.1 Å². The molecule has 0 aromatic heterocycles. The van der Waals surface area contributed by atoms with Crippen LogP contribution in [-0.4, -0.2) is 54.2 Å². The zero-order valence-corrected chi connectivity index (χ0v) is 31.3. The largest absolute Gasteiger partial charge is 0.483 e. The highest BCUT2D eigenvalue weighted by molar-refractivity contribution is 6.37. The number of aliphatic carboxylic acids is 1. The van der Waals surface area contributed by atoms with E-state index < -0.39 is 30.1 Å². The molecule has 2 atom stereocenters. The van der Waals surface area contributed by atoms with E-state index in [9.17, 15) is 24.3 Å². The minimum atomic E-state index is -1.14. The zero-order valence-electron chi connectivity index (χ0n) is 28.3. The molecule has 0 heterocycles. The SMILES string of the molecule is CC(C)C[C@H](NC(=O)OCc1ccccc1)C(=O)N[C@@H](Cc1ccccc1)C(=O)O.O=C(COc1c(Cl)cccc1Cl)COc1c(Cl)cccc1Cl. The summed E-state index contributed by atoms with van der Waals surface area (Å²) in [5.41, 5.74) is 1.62. The number of para-hydroxylation sites is 2. The maximum absolute atomic E-state index is 12.7. The minimum Gasteiger partial charge on any atom is -0.483 e. The molecule has 0 radical (unpaired) electrons. The molecule has 276 valence electrons. The molecule has 0 fully saturated rings. The summed E-state index contributed by atoms with van der Waals surface area (Å²) in [6.45, 7) is 3.44. The summed E-state index contributed by atoms with van der Waals surface area (Å²) in [6.07, 6.45) is -0.229. The summed E-state index contributed by atoms with van der Waals surface area (Å²) in [5, 5.41) is 15.9. The first-order chi connectivity index (χ1) is 24.8. The Kier molecular flexibility index (Phi) is 17.6. The zero-order chi connectivity index (χ0) is 38.0. The third-order valence-electron chi connectivity index (χ3n) is 7.02. The quantitative estimate of drug-likeness (QED) is 0.103. The standard InChI is InChI=1S/C23H28N2O5.C15H10Cl4O3/c1-16(2)13-19(25-23(29)30-15-18-11-7-4-8-12-18)21(26)24-20(22(27)28)14-17-9-5-3-6-10-17;16-10-3-1-4-11(17)14(10)21-7-9(20)8-22-15-12(18)5-2-6-13(15)19/h3-12,16,19-20H,13-15H2,1-2H3,(H,24,26)(H,25,29)(H,27,28);1-6H,7-8H2/t19-,20-;/m0./s1. The molecule has 0 aliphatic rings. The number of benzene rings is 4. The summed E-state index contributed by atoms with van der Waals surface area (Å²) in [4.78, 5) is 48.4. The summed E-state index contributed by atoms with van der Waals surface area (Å²) >= 11 is 23.8. The monoisotopic (exact) mass is 790 g/mol. The van der Waals surface area contributed by atoms with Crippen molar-refractivity contribution < 1.29 is 38.5 Å². The molecule has 0 unspecified atom stereocenters. The van der Waals surface area contributed by atoms with E-state index in [-0.39, 0.29) is 49.4 Å². The first-order valence-electron chi connectivity index (χ1n) is 16.0. The van der Waals surface area contributed by atoms with Crippen LogP contribution in [0.25, 0.3) is 0 Å². The van der Waals surface area contributed by atoms with E-state index in [2.05, 4.69) is 10.6 Å². The molecular weight excluding hydrogens is 754 g/mol. The molecule has 10 nitrogen and oxygen atoms in total. The van der Waals surface area contributed by atoms with Crippen LogP contribution in [0.4, 0.5) is 4.79 Å². The molecule has 4 aromatic carbocycles. The van der Waals surface area contributed by atoms with Crippen molar-refractivity contribution in [3.8, 4) is 11.5 Å². The second-order valence-electron chi connectivity index (χ2n) is 11.7. The minimum absolute atomic E-state index is 0.0778. The number of halogens is 4. The van der Waals surface area contributed by atoms with Gasteiger partial charge in [-0.15, -0.1) is 0 Å². The lowest BCUT2D eigenvalue weighted by Gasteiger charge is -2.22. The first-order valence-corrected chi connectivity index (χ1v) is 17.5. The molecule has 0 spiro atoms. The number of rotatable bonds is 16. The van der Waals surface area contributed by atoms with Crippen LogP contribution in [0.3, 0.4) is 0 Å². The number of ketones is 1. The Hall–Kier alpha value is -4.48. The van der Waals surface area contributed by atoms with Crippen molar-refractivity contribution in [1.29, 1.82) is 0 Å². The molecule has 3 N–H and O–H groups in total. The second-order valence-corrected chi connectivity index (χ2v) is 13.3. The molecule has 0 bridgehead atoms. The van der Waals surface area contributed by atoms with Crippen LogP contribution in [0.2, 0.25) is 20.1 Å². The highest BCUT2D eigenvalue weighted by atomic mass is 35.5. The predicted octanol–water partition coefficient (Wildman–Crippen LogP) is 8.47. The maximum atomic E-state index is 12.7. The van der Waals surface area contributed by atoms with Gasteiger partial charge in [0.1, 0.15) is 18.7 Å². The predicted molar refractivity (Wildman–Crippen MR) is 202 cm³/mol. The number of carbonyl (C=O) groups is 4. The average molecular weight is 793 g/mol. The molecule has 2 amide bonds. The van der Waals surface area contributed by atoms with Crippen molar-refractivity contribution in [2.45, 2.75) is 45.4 Å². The van der Waals surface area contributed by atoms with Crippen LogP contribution in [-0.2, 0) is 32.1 Å². The number of hydrogen-bond acceptors (Lipinski definition) is 7. The van der Waals surface area contributed by atoms with Gasteiger partial charge in [-0.05, 0) is 47.7 Å². The van der Waals surface area contributed by atoms with Gasteiger partial charge in [0.05, 0.1) is 20.1 Å². The molecular formula is C38H38Cl4N2O8. The fraction of sp³-hybridized carbons (Fsp3) is 0.263. The normalized spacial score (nSPS) is 11.7. The molecule has 4 rings (SSSR count). The molecule has 4 aromatic rings. The maximum Gasteiger partial charge on any atom is 0.408 e. The summed E-state index contributed by atoms with van der Waals surface area (Å²) in [7, 11) is 0. The van der Waals surface area contributed by atoms with Gasteiger partial charge in [0.2, 0.25) is 11.7 Å². The highest BCUT2D eigenvalue weighted by Gasteiger charge is 2.28. The number of ether oxygens (including phenoxy) is 3. The van der Waals surface area contributed by atoms with Crippen LogP contribution >= 0.6 is 46.4 Å². The van der Waals surface area contributed by atoms with E-state index in [1.807, 2.05) is 62.4 Å². The van der Waals surface area contributed by atoms with Crippen molar-refractivity contribution >= 4 is 70.2 Å². The Morgan fingerprint density at radius 3 is 1.54 bits per heavy atom. The van der Waals surface area contributed by atoms with Gasteiger partial charge in [-0.25, -0.2) is 9.59 Å². The number of carboxylic acids is 1. The molecule has 0 aliphatic heterocycles. The van der Waals surface area contributed by atoms with Crippen LogP contribution in [0.1, 0.15) is 31.4 Å². The first kappa shape index (κ1) is 41.9. The van der Waals surface area contributed by atoms with Gasteiger partial charge in [-0.3, -0.25) is 9.59 Å². The van der Waals surface area contributed by atoms with Crippen molar-refractivity contribution in [3.05, 3.63) is 128 Å². The number of alkyl carbamates (subject to hydrolysis) is 1. The van der Waals surface area contributed by atoms with Crippen LogP contribution in [0.15, 0.2) is 97.1 Å². The summed E-state index contributed by atoms with van der Waals surface area (Å²) < 4.78 is 15.8.